The molecule has 0 N–H and O–H groups in total. The van der Waals surface area contributed by atoms with Gasteiger partial charge >= 0.3 is 0 Å². The van der Waals surface area contributed by atoms with Crippen molar-refractivity contribution in [3.05, 3.63) is 29.7 Å². The number of nitrogens with zero attached hydrogens (tertiary/aromatic N) is 1. The lowest BCUT2D eigenvalue weighted by atomic mass is 10.2. The lowest BCUT2D eigenvalue weighted by Gasteiger charge is -1.88. The Hall–Kier alpha value is -0.730. The molecule has 0 aliphatic heterocycles. The first-order valence-electron chi connectivity index (χ1n) is 3.82. The number of aromatic nitrogens is 1. The van der Waals surface area contributed by atoms with Gasteiger partial charge in [-0.3, -0.25) is 0 Å². The summed E-state index contributed by atoms with van der Waals surface area (Å²) in [7, 11) is 0. The second-order valence-corrected chi connectivity index (χ2v) is 3.92. The molecule has 1 aromatic carbocycles. The molecule has 0 atom stereocenters. The van der Waals surface area contributed by atoms with Gasteiger partial charge in [0.2, 0.25) is 5.89 Å². The maximum atomic E-state index is 5.62. The van der Waals surface area contributed by atoms with Crippen LogP contribution in [-0.2, 0) is 0 Å². The van der Waals surface area contributed by atoms with Gasteiger partial charge < -0.3 is 4.42 Å². The van der Waals surface area contributed by atoms with Gasteiger partial charge in [0.1, 0.15) is 5.52 Å². The van der Waals surface area contributed by atoms with Crippen LogP contribution >= 0.6 is 23.2 Å². The minimum absolute atomic E-state index is 0.351. The summed E-state index contributed by atoms with van der Waals surface area (Å²) < 4.78 is 5.31. The number of halogens is 2. The fraction of sp³-hybridized carbons (Fsp3) is 0.222. The van der Waals surface area contributed by atoms with Crippen molar-refractivity contribution in [1.82, 2.24) is 4.98 Å². The van der Waals surface area contributed by atoms with E-state index in [-0.39, 0.29) is 0 Å². The molecule has 13 heavy (non-hydrogen) atoms. The number of aryl methyl sites for hydroxylation is 1. The smallest absolute Gasteiger partial charge is 0.228 e. The predicted molar refractivity (Wildman–Crippen MR) is 53.2 cm³/mol. The zero-order valence-corrected chi connectivity index (χ0v) is 8.43. The maximum Gasteiger partial charge on any atom is 0.228 e. The van der Waals surface area contributed by atoms with Gasteiger partial charge in [0.25, 0.3) is 0 Å². The topological polar surface area (TPSA) is 26.0 Å². The number of benzene rings is 1. The van der Waals surface area contributed by atoms with Gasteiger partial charge in [-0.2, -0.15) is 0 Å². The number of hydrogen-bond acceptors (Lipinski definition) is 2. The fourth-order valence-electron chi connectivity index (χ4n) is 1.15. The van der Waals surface area contributed by atoms with Crippen LogP contribution in [0.15, 0.2) is 22.6 Å². The highest BCUT2D eigenvalue weighted by atomic mass is 35.5. The van der Waals surface area contributed by atoms with E-state index in [2.05, 4.69) is 4.98 Å². The van der Waals surface area contributed by atoms with E-state index in [1.165, 1.54) is 0 Å². The molecular weight excluding hydrogens is 209 g/mol. The number of oxazole rings is 1. The lowest BCUT2D eigenvalue weighted by molar-refractivity contribution is 0.550. The normalized spacial score (nSPS) is 11.4. The van der Waals surface area contributed by atoms with Crippen LogP contribution in [0.5, 0.6) is 0 Å². The van der Waals surface area contributed by atoms with Crippen LogP contribution in [0.2, 0.25) is 0 Å². The molecule has 0 unspecified atom stereocenters. The summed E-state index contributed by atoms with van der Waals surface area (Å²) in [6, 6.07) is 5.74. The van der Waals surface area contributed by atoms with Gasteiger partial charge in [0.05, 0.1) is 0 Å². The van der Waals surface area contributed by atoms with E-state index < -0.39 is 4.84 Å². The summed E-state index contributed by atoms with van der Waals surface area (Å²) in [6.07, 6.45) is 0. The van der Waals surface area contributed by atoms with Crippen molar-refractivity contribution >= 4 is 34.3 Å². The Kier molecular flexibility index (Phi) is 2.18. The van der Waals surface area contributed by atoms with Gasteiger partial charge in [-0.05, 0) is 24.6 Å². The van der Waals surface area contributed by atoms with E-state index in [0.717, 1.165) is 11.1 Å². The predicted octanol–water partition coefficient (Wildman–Crippen LogP) is 3.61. The van der Waals surface area contributed by atoms with Gasteiger partial charge in [-0.25, -0.2) is 4.98 Å². The zero-order chi connectivity index (χ0) is 9.42. The van der Waals surface area contributed by atoms with Crippen molar-refractivity contribution in [2.75, 3.05) is 0 Å². The van der Waals surface area contributed by atoms with Crippen molar-refractivity contribution in [2.45, 2.75) is 11.8 Å². The van der Waals surface area contributed by atoms with Gasteiger partial charge in [0, 0.05) is 0 Å². The summed E-state index contributed by atoms with van der Waals surface area (Å²) in [4.78, 5) is 3.44. The Morgan fingerprint density at radius 2 is 2.15 bits per heavy atom. The van der Waals surface area contributed by atoms with E-state index >= 15 is 0 Å². The summed E-state index contributed by atoms with van der Waals surface area (Å²) in [6.45, 7) is 1.99. The van der Waals surface area contributed by atoms with E-state index in [0.29, 0.717) is 11.5 Å². The molecule has 2 rings (SSSR count). The number of hydrogen-bond donors (Lipinski definition) is 0. The summed E-state index contributed by atoms with van der Waals surface area (Å²) >= 11 is 11.2. The van der Waals surface area contributed by atoms with Crippen LogP contribution in [0.4, 0.5) is 0 Å². The molecule has 1 aromatic heterocycles. The first kappa shape index (κ1) is 8.85. The summed E-state index contributed by atoms with van der Waals surface area (Å²) in [5.41, 5.74) is 2.64. The largest absolute Gasteiger partial charge is 0.438 e. The maximum absolute atomic E-state index is 5.62. The van der Waals surface area contributed by atoms with Crippen LogP contribution in [0.25, 0.3) is 11.1 Å². The van der Waals surface area contributed by atoms with Crippen LogP contribution in [0.3, 0.4) is 0 Å². The van der Waals surface area contributed by atoms with E-state index in [1.807, 2.05) is 25.1 Å². The summed E-state index contributed by atoms with van der Waals surface area (Å²) in [5.74, 6) is 0.351. The molecule has 0 aliphatic rings. The van der Waals surface area contributed by atoms with Crippen LogP contribution in [0, 0.1) is 6.92 Å². The van der Waals surface area contributed by atoms with E-state index in [1.54, 1.807) is 0 Å². The number of alkyl halides is 2. The standard InChI is InChI=1S/C9H7Cl2NO/c1-5-2-3-7-6(4-5)12-9(13-7)8(10)11/h2-4,8H,1H3. The Morgan fingerprint density at radius 3 is 2.85 bits per heavy atom. The minimum atomic E-state index is -0.701. The molecule has 0 bridgehead atoms. The van der Waals surface area contributed by atoms with Gasteiger partial charge in [-0.15, -0.1) is 0 Å². The van der Waals surface area contributed by atoms with E-state index in [4.69, 9.17) is 27.6 Å². The molecule has 0 fully saturated rings. The van der Waals surface area contributed by atoms with Gasteiger partial charge in [-0.1, -0.05) is 29.3 Å². The second kappa shape index (κ2) is 3.20. The highest BCUT2D eigenvalue weighted by Gasteiger charge is 2.11. The van der Waals surface area contributed by atoms with Crippen molar-refractivity contribution < 1.29 is 4.42 Å². The SMILES string of the molecule is Cc1ccc2oc(C(Cl)Cl)nc2c1. The molecule has 0 radical (unpaired) electrons. The third-order valence-electron chi connectivity index (χ3n) is 1.75. The van der Waals surface area contributed by atoms with Crippen LogP contribution in [0.1, 0.15) is 16.3 Å². The lowest BCUT2D eigenvalue weighted by Crippen LogP contribution is -1.78. The third-order valence-corrected chi connectivity index (χ3v) is 2.12. The van der Waals surface area contributed by atoms with Crippen molar-refractivity contribution in [3.8, 4) is 0 Å². The zero-order valence-electron chi connectivity index (χ0n) is 6.92. The van der Waals surface area contributed by atoms with Crippen LogP contribution in [-0.4, -0.2) is 4.98 Å². The molecule has 0 spiro atoms. The van der Waals surface area contributed by atoms with E-state index in [9.17, 15) is 0 Å². The molecule has 0 aliphatic carbocycles. The molecule has 0 amide bonds. The first-order valence-corrected chi connectivity index (χ1v) is 4.69. The third kappa shape index (κ3) is 1.64. The molecule has 68 valence electrons. The van der Waals surface area contributed by atoms with Crippen molar-refractivity contribution in [2.24, 2.45) is 0 Å². The Bertz CT molecular complexity index is 436. The number of fused-ring (bicyclic) bond motifs is 1. The molecule has 0 saturated heterocycles. The van der Waals surface area contributed by atoms with Crippen molar-refractivity contribution in [3.63, 3.8) is 0 Å². The van der Waals surface area contributed by atoms with Crippen LogP contribution < -0.4 is 0 Å². The molecule has 2 aromatic rings. The molecule has 1 heterocycles. The number of rotatable bonds is 1. The summed E-state index contributed by atoms with van der Waals surface area (Å²) in [5, 5.41) is 0. The average Bonchev–Trinajstić information content (AvgIpc) is 2.46. The molecule has 2 nitrogen and oxygen atoms in total. The highest BCUT2D eigenvalue weighted by molar-refractivity contribution is 6.43. The molecule has 4 heteroatoms. The second-order valence-electron chi connectivity index (χ2n) is 2.82. The fourth-order valence-corrected chi connectivity index (χ4v) is 1.34. The monoisotopic (exact) mass is 215 g/mol. The quantitative estimate of drug-likeness (QED) is 0.680. The Balaban J connectivity index is 2.62. The average molecular weight is 216 g/mol. The Morgan fingerprint density at radius 1 is 1.38 bits per heavy atom. The first-order chi connectivity index (χ1) is 6.16. The molecule has 0 saturated carbocycles. The minimum Gasteiger partial charge on any atom is -0.438 e. The molecular formula is C9H7Cl2NO. The highest BCUT2D eigenvalue weighted by Crippen LogP contribution is 2.27. The van der Waals surface area contributed by atoms with Crippen molar-refractivity contribution in [1.29, 1.82) is 0 Å². The Labute approximate surface area is 85.5 Å². The van der Waals surface area contributed by atoms with Gasteiger partial charge in [0.15, 0.2) is 10.4 Å².